The van der Waals surface area contributed by atoms with Gasteiger partial charge in [-0.05, 0) is 31.1 Å². The summed E-state index contributed by atoms with van der Waals surface area (Å²) in [6, 6.07) is 0. The number of aromatic nitrogens is 2. The van der Waals surface area contributed by atoms with Crippen LogP contribution in [0.2, 0.25) is 5.02 Å². The zero-order chi connectivity index (χ0) is 13.7. The maximum absolute atomic E-state index is 5.82. The Hall–Kier alpha value is -0.830. The molecule has 106 valence electrons. The molecule has 1 saturated heterocycles. The van der Waals surface area contributed by atoms with Crippen molar-refractivity contribution >= 4 is 17.5 Å². The Morgan fingerprint density at radius 2 is 1.95 bits per heavy atom. The first-order chi connectivity index (χ1) is 9.19. The van der Waals surface area contributed by atoms with E-state index in [1.165, 1.54) is 32.1 Å². The van der Waals surface area contributed by atoms with Gasteiger partial charge < -0.3 is 4.90 Å². The molecule has 0 spiro atoms. The first-order valence-corrected chi connectivity index (χ1v) is 7.79. The van der Waals surface area contributed by atoms with E-state index in [0.717, 1.165) is 30.9 Å². The van der Waals surface area contributed by atoms with E-state index in [-0.39, 0.29) is 0 Å². The standard InChI is InChI=1S/C15H24ClN3/c1-3-4-12(2)9-13-5-7-19(8-6-13)15-17-10-14(16)11-18-15/h10-13H,3-9H2,1-2H3/t12-/m0/s1. The molecule has 0 aromatic carbocycles. The van der Waals surface area contributed by atoms with Gasteiger partial charge in [0.25, 0.3) is 0 Å². The minimum absolute atomic E-state index is 0.604. The third-order valence-corrected chi connectivity index (χ3v) is 4.22. The highest BCUT2D eigenvalue weighted by molar-refractivity contribution is 6.30. The highest BCUT2D eigenvalue weighted by atomic mass is 35.5. The molecule has 1 aliphatic heterocycles. The topological polar surface area (TPSA) is 29.0 Å². The molecule has 0 N–H and O–H groups in total. The summed E-state index contributed by atoms with van der Waals surface area (Å²) in [5, 5.41) is 0.604. The van der Waals surface area contributed by atoms with Crippen molar-refractivity contribution in [1.29, 1.82) is 0 Å². The molecule has 0 unspecified atom stereocenters. The van der Waals surface area contributed by atoms with Gasteiger partial charge in [0, 0.05) is 13.1 Å². The SMILES string of the molecule is CCC[C@H](C)CC1CCN(c2ncc(Cl)cn2)CC1. The fourth-order valence-electron chi connectivity index (χ4n) is 3.02. The van der Waals surface area contributed by atoms with E-state index in [0.29, 0.717) is 5.02 Å². The van der Waals surface area contributed by atoms with E-state index >= 15 is 0 Å². The predicted molar refractivity (Wildman–Crippen MR) is 80.7 cm³/mol. The van der Waals surface area contributed by atoms with Crippen LogP contribution in [0.15, 0.2) is 12.4 Å². The summed E-state index contributed by atoms with van der Waals surface area (Å²) in [5.74, 6) is 2.57. The van der Waals surface area contributed by atoms with Crippen molar-refractivity contribution in [3.8, 4) is 0 Å². The van der Waals surface area contributed by atoms with Gasteiger partial charge in [-0.3, -0.25) is 0 Å². The first kappa shape index (κ1) is 14.6. The second-order valence-electron chi connectivity index (χ2n) is 5.76. The Kier molecular flexibility index (Phi) is 5.44. The number of nitrogens with zero attached hydrogens (tertiary/aromatic N) is 3. The maximum atomic E-state index is 5.82. The molecular formula is C15H24ClN3. The van der Waals surface area contributed by atoms with Crippen molar-refractivity contribution in [2.75, 3.05) is 18.0 Å². The van der Waals surface area contributed by atoms with Gasteiger partial charge in [0.1, 0.15) is 0 Å². The van der Waals surface area contributed by atoms with Crippen LogP contribution in [0.5, 0.6) is 0 Å². The first-order valence-electron chi connectivity index (χ1n) is 7.41. The zero-order valence-electron chi connectivity index (χ0n) is 12.0. The third kappa shape index (κ3) is 4.34. The van der Waals surface area contributed by atoms with Gasteiger partial charge in [0.05, 0.1) is 17.4 Å². The van der Waals surface area contributed by atoms with Crippen LogP contribution in [0.25, 0.3) is 0 Å². The number of piperidine rings is 1. The van der Waals surface area contributed by atoms with Crippen molar-refractivity contribution in [3.63, 3.8) is 0 Å². The second kappa shape index (κ2) is 7.09. The third-order valence-electron chi connectivity index (χ3n) is 4.02. The van der Waals surface area contributed by atoms with Crippen molar-refractivity contribution in [2.45, 2.75) is 46.0 Å². The number of hydrogen-bond donors (Lipinski definition) is 0. The zero-order valence-corrected chi connectivity index (χ0v) is 12.7. The Labute approximate surface area is 121 Å². The van der Waals surface area contributed by atoms with Crippen LogP contribution < -0.4 is 4.90 Å². The van der Waals surface area contributed by atoms with Gasteiger partial charge in [-0.2, -0.15) is 0 Å². The van der Waals surface area contributed by atoms with Gasteiger partial charge in [0.15, 0.2) is 0 Å². The molecule has 1 atom stereocenters. The Morgan fingerprint density at radius 1 is 1.32 bits per heavy atom. The number of anilines is 1. The lowest BCUT2D eigenvalue weighted by Crippen LogP contribution is -2.35. The average molecular weight is 282 g/mol. The molecular weight excluding hydrogens is 258 g/mol. The molecule has 3 nitrogen and oxygen atoms in total. The molecule has 0 amide bonds. The minimum Gasteiger partial charge on any atom is -0.341 e. The van der Waals surface area contributed by atoms with Gasteiger partial charge >= 0.3 is 0 Å². The van der Waals surface area contributed by atoms with Crippen LogP contribution in [0, 0.1) is 11.8 Å². The van der Waals surface area contributed by atoms with Crippen LogP contribution in [-0.2, 0) is 0 Å². The van der Waals surface area contributed by atoms with Crippen LogP contribution in [0.3, 0.4) is 0 Å². The van der Waals surface area contributed by atoms with Gasteiger partial charge in [0.2, 0.25) is 5.95 Å². The molecule has 4 heteroatoms. The van der Waals surface area contributed by atoms with E-state index in [2.05, 4.69) is 28.7 Å². The van der Waals surface area contributed by atoms with E-state index in [9.17, 15) is 0 Å². The lowest BCUT2D eigenvalue weighted by molar-refractivity contribution is 0.315. The highest BCUT2D eigenvalue weighted by Crippen LogP contribution is 2.27. The maximum Gasteiger partial charge on any atom is 0.225 e. The van der Waals surface area contributed by atoms with Gasteiger partial charge in [-0.1, -0.05) is 38.3 Å². The lowest BCUT2D eigenvalue weighted by Gasteiger charge is -2.33. The molecule has 1 fully saturated rings. The summed E-state index contributed by atoms with van der Waals surface area (Å²) in [6.45, 7) is 6.81. The summed E-state index contributed by atoms with van der Waals surface area (Å²) in [6.07, 6.45) is 9.93. The number of hydrogen-bond acceptors (Lipinski definition) is 3. The molecule has 0 radical (unpaired) electrons. The normalized spacial score (nSPS) is 18.6. The van der Waals surface area contributed by atoms with Crippen molar-refractivity contribution < 1.29 is 0 Å². The van der Waals surface area contributed by atoms with Gasteiger partial charge in [-0.25, -0.2) is 9.97 Å². The van der Waals surface area contributed by atoms with E-state index in [1.54, 1.807) is 12.4 Å². The van der Waals surface area contributed by atoms with Crippen molar-refractivity contribution in [1.82, 2.24) is 9.97 Å². The summed E-state index contributed by atoms with van der Waals surface area (Å²) >= 11 is 5.82. The summed E-state index contributed by atoms with van der Waals surface area (Å²) in [7, 11) is 0. The number of rotatable bonds is 5. The van der Waals surface area contributed by atoms with Crippen LogP contribution in [-0.4, -0.2) is 23.1 Å². The smallest absolute Gasteiger partial charge is 0.225 e. The summed E-state index contributed by atoms with van der Waals surface area (Å²) in [4.78, 5) is 10.9. The predicted octanol–water partition coefficient (Wildman–Crippen LogP) is 4.17. The van der Waals surface area contributed by atoms with Crippen molar-refractivity contribution in [2.24, 2.45) is 11.8 Å². The minimum atomic E-state index is 0.604. The molecule has 1 aliphatic rings. The van der Waals surface area contributed by atoms with Crippen LogP contribution in [0.1, 0.15) is 46.0 Å². The molecule has 0 bridgehead atoms. The van der Waals surface area contributed by atoms with Crippen LogP contribution in [0.4, 0.5) is 5.95 Å². The molecule has 1 aromatic heterocycles. The largest absolute Gasteiger partial charge is 0.341 e. The van der Waals surface area contributed by atoms with E-state index < -0.39 is 0 Å². The Morgan fingerprint density at radius 3 is 2.53 bits per heavy atom. The summed E-state index contributed by atoms with van der Waals surface area (Å²) < 4.78 is 0. The molecule has 2 rings (SSSR count). The monoisotopic (exact) mass is 281 g/mol. The fourth-order valence-corrected chi connectivity index (χ4v) is 3.11. The average Bonchev–Trinajstić information content (AvgIpc) is 2.41. The van der Waals surface area contributed by atoms with Crippen LogP contribution >= 0.6 is 11.6 Å². The van der Waals surface area contributed by atoms with Crippen molar-refractivity contribution in [3.05, 3.63) is 17.4 Å². The van der Waals surface area contributed by atoms with Gasteiger partial charge in [-0.15, -0.1) is 0 Å². The summed E-state index contributed by atoms with van der Waals surface area (Å²) in [5.41, 5.74) is 0. The molecule has 0 aliphatic carbocycles. The number of halogens is 1. The lowest BCUT2D eigenvalue weighted by atomic mass is 9.86. The molecule has 0 saturated carbocycles. The Balaban J connectivity index is 1.80. The van der Waals surface area contributed by atoms with E-state index in [1.807, 2.05) is 0 Å². The quantitative estimate of drug-likeness (QED) is 0.811. The molecule has 19 heavy (non-hydrogen) atoms. The molecule has 2 heterocycles. The highest BCUT2D eigenvalue weighted by Gasteiger charge is 2.22. The Bertz CT molecular complexity index is 371. The molecule has 1 aromatic rings. The fraction of sp³-hybridized carbons (Fsp3) is 0.733. The van der Waals surface area contributed by atoms with E-state index in [4.69, 9.17) is 11.6 Å². The second-order valence-corrected chi connectivity index (χ2v) is 6.20.